The summed E-state index contributed by atoms with van der Waals surface area (Å²) in [6.07, 6.45) is 1.94. The number of carbonyl (C=O) groups is 1. The van der Waals surface area contributed by atoms with Crippen molar-refractivity contribution in [1.29, 1.82) is 0 Å². The SMILES string of the molecule is CCO/N=C(/c1ccc(CC)s1)N1CCc2sc(OC(C)=O)cc2C1. The molecule has 1 aliphatic heterocycles. The van der Waals surface area contributed by atoms with Crippen molar-refractivity contribution in [3.05, 3.63) is 38.4 Å². The van der Waals surface area contributed by atoms with E-state index in [4.69, 9.17) is 9.57 Å². The molecule has 0 atom stereocenters. The molecular formula is C18H22N2O3S2. The van der Waals surface area contributed by atoms with Crippen molar-refractivity contribution >= 4 is 34.5 Å². The van der Waals surface area contributed by atoms with Crippen LogP contribution in [0.15, 0.2) is 23.4 Å². The van der Waals surface area contributed by atoms with Crippen molar-refractivity contribution < 1.29 is 14.4 Å². The molecule has 1 aliphatic rings. The van der Waals surface area contributed by atoms with Crippen LogP contribution < -0.4 is 4.74 Å². The summed E-state index contributed by atoms with van der Waals surface area (Å²) in [5, 5.41) is 5.06. The molecule has 0 aromatic carbocycles. The Labute approximate surface area is 155 Å². The number of amidine groups is 1. The minimum atomic E-state index is -0.278. The maximum absolute atomic E-state index is 11.2. The summed E-state index contributed by atoms with van der Waals surface area (Å²) < 4.78 is 5.24. The minimum Gasteiger partial charge on any atom is -0.416 e. The molecule has 0 radical (unpaired) electrons. The molecule has 0 unspecified atom stereocenters. The highest BCUT2D eigenvalue weighted by atomic mass is 32.1. The fraction of sp³-hybridized carbons (Fsp3) is 0.444. The quantitative estimate of drug-likeness (QED) is 0.341. The Bertz CT molecular complexity index is 779. The molecule has 0 aliphatic carbocycles. The average molecular weight is 379 g/mol. The number of aryl methyl sites for hydroxylation is 1. The summed E-state index contributed by atoms with van der Waals surface area (Å²) in [6, 6.07) is 6.24. The van der Waals surface area contributed by atoms with Crippen molar-refractivity contribution in [3.63, 3.8) is 0 Å². The number of hydrogen-bond donors (Lipinski definition) is 0. The lowest BCUT2D eigenvalue weighted by Gasteiger charge is -2.28. The third-order valence-corrected chi connectivity index (χ3v) is 6.24. The first-order valence-electron chi connectivity index (χ1n) is 8.44. The van der Waals surface area contributed by atoms with Gasteiger partial charge in [0.1, 0.15) is 6.61 Å². The molecule has 2 aromatic rings. The first-order chi connectivity index (χ1) is 12.1. The van der Waals surface area contributed by atoms with Crippen LogP contribution in [0.5, 0.6) is 5.06 Å². The van der Waals surface area contributed by atoms with Gasteiger partial charge in [-0.05, 0) is 43.5 Å². The number of hydrogen-bond acceptors (Lipinski definition) is 6. The Balaban J connectivity index is 1.83. The highest BCUT2D eigenvalue weighted by Crippen LogP contribution is 2.34. The van der Waals surface area contributed by atoms with E-state index in [1.165, 1.54) is 22.2 Å². The standard InChI is InChI=1S/C18H22N2O3S2/c1-4-14-6-7-16(24-14)18(19-22-5-2)20-9-8-15-13(11-20)10-17(25-15)23-12(3)21/h6-7,10H,4-5,8-9,11H2,1-3H3/b19-18-. The Morgan fingerprint density at radius 3 is 2.84 bits per heavy atom. The molecule has 0 bridgehead atoms. The van der Waals surface area contributed by atoms with Crippen LogP contribution in [-0.4, -0.2) is 29.9 Å². The van der Waals surface area contributed by atoms with Crippen LogP contribution in [0, 0.1) is 0 Å². The third-order valence-electron chi connectivity index (χ3n) is 3.90. The summed E-state index contributed by atoms with van der Waals surface area (Å²) in [6.45, 7) is 7.69. The van der Waals surface area contributed by atoms with E-state index < -0.39 is 0 Å². The van der Waals surface area contributed by atoms with Crippen molar-refractivity contribution in [2.75, 3.05) is 13.2 Å². The smallest absolute Gasteiger partial charge is 0.308 e. The molecule has 3 rings (SSSR count). The molecule has 3 heterocycles. The number of carbonyl (C=O) groups excluding carboxylic acids is 1. The van der Waals surface area contributed by atoms with E-state index in [1.54, 1.807) is 22.7 Å². The monoisotopic (exact) mass is 378 g/mol. The van der Waals surface area contributed by atoms with Gasteiger partial charge in [0.25, 0.3) is 0 Å². The lowest BCUT2D eigenvalue weighted by atomic mass is 10.1. The van der Waals surface area contributed by atoms with Gasteiger partial charge in [-0.1, -0.05) is 12.1 Å². The van der Waals surface area contributed by atoms with Crippen molar-refractivity contribution in [2.24, 2.45) is 5.16 Å². The van der Waals surface area contributed by atoms with Crippen LogP contribution in [0.1, 0.15) is 41.0 Å². The molecular weight excluding hydrogens is 356 g/mol. The Morgan fingerprint density at radius 2 is 2.16 bits per heavy atom. The summed E-state index contributed by atoms with van der Waals surface area (Å²) in [5.74, 6) is 0.608. The van der Waals surface area contributed by atoms with Crippen molar-refractivity contribution in [3.8, 4) is 5.06 Å². The van der Waals surface area contributed by atoms with Gasteiger partial charge in [-0.3, -0.25) is 4.79 Å². The fourth-order valence-corrected chi connectivity index (χ4v) is 4.76. The van der Waals surface area contributed by atoms with Crippen LogP contribution in [0.2, 0.25) is 0 Å². The number of esters is 1. The fourth-order valence-electron chi connectivity index (χ4n) is 2.75. The van der Waals surface area contributed by atoms with E-state index in [0.29, 0.717) is 11.7 Å². The number of oxime groups is 1. The lowest BCUT2D eigenvalue weighted by molar-refractivity contribution is -0.131. The van der Waals surface area contributed by atoms with Gasteiger partial charge in [-0.25, -0.2) is 0 Å². The summed E-state index contributed by atoms with van der Waals surface area (Å²) in [7, 11) is 0. The van der Waals surface area contributed by atoms with Gasteiger partial charge in [-0.2, -0.15) is 0 Å². The Morgan fingerprint density at radius 1 is 1.32 bits per heavy atom. The maximum atomic E-state index is 11.2. The predicted octanol–water partition coefficient (Wildman–Crippen LogP) is 4.05. The van der Waals surface area contributed by atoms with Crippen LogP contribution >= 0.6 is 22.7 Å². The second-order valence-electron chi connectivity index (χ2n) is 5.73. The second kappa shape index (κ2) is 8.01. The summed E-state index contributed by atoms with van der Waals surface area (Å²) >= 11 is 3.32. The lowest BCUT2D eigenvalue weighted by Crippen LogP contribution is -2.35. The van der Waals surface area contributed by atoms with E-state index in [9.17, 15) is 4.79 Å². The molecule has 0 spiro atoms. The highest BCUT2D eigenvalue weighted by molar-refractivity contribution is 7.14. The van der Waals surface area contributed by atoms with Crippen LogP contribution in [0.3, 0.4) is 0 Å². The second-order valence-corrected chi connectivity index (χ2v) is 8.00. The first kappa shape index (κ1) is 17.9. The molecule has 25 heavy (non-hydrogen) atoms. The highest BCUT2D eigenvalue weighted by Gasteiger charge is 2.24. The number of thiophene rings is 2. The molecule has 134 valence electrons. The van der Waals surface area contributed by atoms with E-state index in [0.717, 1.165) is 36.6 Å². The summed E-state index contributed by atoms with van der Waals surface area (Å²) in [4.78, 5) is 22.5. The first-order valence-corrected chi connectivity index (χ1v) is 10.1. The van der Waals surface area contributed by atoms with Gasteiger partial charge in [0, 0.05) is 29.8 Å². The molecule has 5 nitrogen and oxygen atoms in total. The van der Waals surface area contributed by atoms with Crippen LogP contribution in [0.4, 0.5) is 0 Å². The van der Waals surface area contributed by atoms with Gasteiger partial charge < -0.3 is 14.5 Å². The minimum absolute atomic E-state index is 0.278. The largest absolute Gasteiger partial charge is 0.416 e. The molecule has 0 saturated carbocycles. The number of ether oxygens (including phenoxy) is 1. The van der Waals surface area contributed by atoms with Gasteiger partial charge in [0.2, 0.25) is 0 Å². The molecule has 0 N–H and O–H groups in total. The predicted molar refractivity (Wildman–Crippen MR) is 102 cm³/mol. The van der Waals surface area contributed by atoms with Gasteiger partial charge in [0.15, 0.2) is 10.9 Å². The van der Waals surface area contributed by atoms with E-state index in [-0.39, 0.29) is 5.97 Å². The number of rotatable bonds is 5. The zero-order valence-corrected chi connectivity index (χ0v) is 16.3. The molecule has 0 amide bonds. The number of nitrogens with zero attached hydrogens (tertiary/aromatic N) is 2. The van der Waals surface area contributed by atoms with Crippen molar-refractivity contribution in [1.82, 2.24) is 4.90 Å². The van der Waals surface area contributed by atoms with Crippen LogP contribution in [0.25, 0.3) is 0 Å². The zero-order valence-electron chi connectivity index (χ0n) is 14.7. The topological polar surface area (TPSA) is 51.1 Å². The number of fused-ring (bicyclic) bond motifs is 1. The third kappa shape index (κ3) is 4.22. The molecule has 2 aromatic heterocycles. The Hall–Kier alpha value is -1.86. The molecule has 0 fully saturated rings. The van der Waals surface area contributed by atoms with Gasteiger partial charge in [-0.15, -0.1) is 22.7 Å². The Kier molecular flexibility index (Phi) is 5.75. The van der Waals surface area contributed by atoms with Gasteiger partial charge in [0.05, 0.1) is 4.88 Å². The zero-order chi connectivity index (χ0) is 17.8. The van der Waals surface area contributed by atoms with E-state index in [2.05, 4.69) is 29.1 Å². The van der Waals surface area contributed by atoms with E-state index >= 15 is 0 Å². The van der Waals surface area contributed by atoms with Crippen molar-refractivity contribution in [2.45, 2.75) is 40.2 Å². The average Bonchev–Trinajstić information content (AvgIpc) is 3.20. The summed E-state index contributed by atoms with van der Waals surface area (Å²) in [5.41, 5.74) is 1.20. The van der Waals surface area contributed by atoms with Gasteiger partial charge >= 0.3 is 5.97 Å². The molecule has 0 saturated heterocycles. The molecule has 7 heteroatoms. The normalized spacial score (nSPS) is 14.4. The maximum Gasteiger partial charge on any atom is 0.308 e. The van der Waals surface area contributed by atoms with Crippen LogP contribution in [-0.2, 0) is 29.0 Å². The van der Waals surface area contributed by atoms with E-state index in [1.807, 2.05) is 13.0 Å².